The van der Waals surface area contributed by atoms with Crippen LogP contribution in [0, 0.1) is 18.2 Å². The summed E-state index contributed by atoms with van der Waals surface area (Å²) in [5.41, 5.74) is 5.66. The Morgan fingerprint density at radius 2 is 1.50 bits per heavy atom. The number of halogens is 1. The van der Waals surface area contributed by atoms with Gasteiger partial charge in [-0.2, -0.15) is 48.5 Å². The third-order valence-electron chi connectivity index (χ3n) is 4.38. The molecule has 0 spiro atoms. The van der Waals surface area contributed by atoms with Crippen molar-refractivity contribution in [1.82, 2.24) is 4.98 Å². The van der Waals surface area contributed by atoms with Gasteiger partial charge >= 0.3 is 20.1 Å². The summed E-state index contributed by atoms with van der Waals surface area (Å²) in [6.45, 7) is 6.64. The van der Waals surface area contributed by atoms with Crippen molar-refractivity contribution in [3.63, 3.8) is 0 Å². The van der Waals surface area contributed by atoms with Gasteiger partial charge in [-0.3, -0.25) is 0 Å². The average molecular weight is 634 g/mol. The molecule has 4 rings (SSSR count). The van der Waals surface area contributed by atoms with E-state index >= 15 is 0 Å². The van der Waals surface area contributed by atoms with E-state index in [-0.39, 0.29) is 25.5 Å². The van der Waals surface area contributed by atoms with E-state index in [9.17, 15) is 0 Å². The molecule has 0 amide bonds. The van der Waals surface area contributed by atoms with Gasteiger partial charge in [-0.15, -0.1) is 41.5 Å². The molecule has 1 aromatic heterocycles. The second-order valence-electron chi connectivity index (χ2n) is 7.65. The summed E-state index contributed by atoms with van der Waals surface area (Å²) in [5, 5.41) is 0. The maximum atomic E-state index is 4.24. The van der Waals surface area contributed by atoms with Crippen LogP contribution in [-0.4, -0.2) is 4.98 Å². The van der Waals surface area contributed by atoms with Crippen LogP contribution in [0.1, 0.15) is 26.3 Å². The molecule has 0 aliphatic heterocycles. The SMILES string of the molecule is Brc1cc[c-]c(-c2ccccn2)c1.CC(C)(C)c1c[c-]c(-c2[c-]cccc2)cc1.[Ir+3]. The molecule has 0 unspecified atom stereocenters. The quantitative estimate of drug-likeness (QED) is 0.208. The van der Waals surface area contributed by atoms with Gasteiger partial charge in [0.2, 0.25) is 0 Å². The molecule has 0 atom stereocenters. The summed E-state index contributed by atoms with van der Waals surface area (Å²) in [7, 11) is 0. The molecule has 3 aromatic carbocycles. The standard InChI is InChI=1S/C16H16.C11H7BrN.Ir/c1-16(2,3)15-11-9-14(10-12-15)13-7-5-4-6-8-13;12-10-5-3-4-9(8-10)11-6-1-2-7-13-11;/h4-7,9,11-12H,1-3H3;1-3,5-8H;/q-2;-1;+3. The number of rotatable bonds is 2. The van der Waals surface area contributed by atoms with Crippen molar-refractivity contribution in [2.45, 2.75) is 26.2 Å². The minimum Gasteiger partial charge on any atom is -0.305 e. The van der Waals surface area contributed by atoms with Crippen molar-refractivity contribution in [3.8, 4) is 22.4 Å². The summed E-state index contributed by atoms with van der Waals surface area (Å²) in [6.07, 6.45) is 1.78. The maximum absolute atomic E-state index is 4.24. The Morgan fingerprint density at radius 3 is 2.07 bits per heavy atom. The van der Waals surface area contributed by atoms with Crippen molar-refractivity contribution >= 4 is 15.9 Å². The van der Waals surface area contributed by atoms with Gasteiger partial charge in [0, 0.05) is 6.20 Å². The average Bonchev–Trinajstić information content (AvgIpc) is 2.75. The minimum atomic E-state index is 0. The van der Waals surface area contributed by atoms with E-state index in [2.05, 4.69) is 84.1 Å². The van der Waals surface area contributed by atoms with Crippen LogP contribution in [0.4, 0.5) is 0 Å². The molecule has 30 heavy (non-hydrogen) atoms. The minimum absolute atomic E-state index is 0. The number of nitrogens with zero attached hydrogens (tertiary/aromatic N) is 1. The Kier molecular flexibility index (Phi) is 9.17. The molecule has 0 radical (unpaired) electrons. The number of pyridine rings is 1. The molecule has 0 saturated carbocycles. The number of benzene rings is 3. The second-order valence-corrected chi connectivity index (χ2v) is 8.57. The Labute approximate surface area is 202 Å². The van der Waals surface area contributed by atoms with Gasteiger partial charge < -0.3 is 4.98 Å². The molecular formula is C27H23BrIrN. The first-order chi connectivity index (χ1) is 13.9. The molecule has 1 nitrogen and oxygen atoms in total. The molecule has 0 bridgehead atoms. The van der Waals surface area contributed by atoms with Crippen molar-refractivity contribution in [1.29, 1.82) is 0 Å². The second kappa shape index (κ2) is 11.4. The van der Waals surface area contributed by atoms with Crippen LogP contribution < -0.4 is 0 Å². The van der Waals surface area contributed by atoms with Gasteiger partial charge in [-0.05, 0) is 17.2 Å². The number of hydrogen-bond donors (Lipinski definition) is 0. The van der Waals surface area contributed by atoms with E-state index in [0.29, 0.717) is 0 Å². The van der Waals surface area contributed by atoms with Crippen LogP contribution in [-0.2, 0) is 25.5 Å². The third-order valence-corrected chi connectivity index (χ3v) is 4.88. The molecule has 0 N–H and O–H groups in total. The molecule has 0 aliphatic carbocycles. The largest absolute Gasteiger partial charge is 3.00 e. The van der Waals surface area contributed by atoms with E-state index in [0.717, 1.165) is 26.9 Å². The van der Waals surface area contributed by atoms with E-state index in [1.54, 1.807) is 6.20 Å². The van der Waals surface area contributed by atoms with E-state index in [1.165, 1.54) is 5.56 Å². The fourth-order valence-corrected chi connectivity index (χ4v) is 3.09. The van der Waals surface area contributed by atoms with Gasteiger partial charge in [-0.25, -0.2) is 11.1 Å². The van der Waals surface area contributed by atoms with E-state index in [1.807, 2.05) is 54.6 Å². The van der Waals surface area contributed by atoms with Gasteiger partial charge in [0.15, 0.2) is 0 Å². The number of hydrogen-bond acceptors (Lipinski definition) is 1. The van der Waals surface area contributed by atoms with Crippen molar-refractivity contribution < 1.29 is 20.1 Å². The fourth-order valence-electron chi connectivity index (χ4n) is 2.73. The predicted molar refractivity (Wildman–Crippen MR) is 124 cm³/mol. The van der Waals surface area contributed by atoms with Gasteiger partial charge in [0.05, 0.1) is 0 Å². The van der Waals surface area contributed by atoms with Crippen LogP contribution in [0.15, 0.2) is 89.5 Å². The first kappa shape index (κ1) is 24.2. The Hall–Kier alpha value is -2.06. The number of aromatic nitrogens is 1. The Morgan fingerprint density at radius 1 is 0.767 bits per heavy atom. The monoisotopic (exact) mass is 633 g/mol. The fraction of sp³-hybridized carbons (Fsp3) is 0.148. The summed E-state index contributed by atoms with van der Waals surface area (Å²) in [6, 6.07) is 35.7. The van der Waals surface area contributed by atoms with Crippen molar-refractivity contribution in [2.24, 2.45) is 0 Å². The van der Waals surface area contributed by atoms with Crippen molar-refractivity contribution in [3.05, 3.63) is 113 Å². The summed E-state index contributed by atoms with van der Waals surface area (Å²) >= 11 is 3.41. The summed E-state index contributed by atoms with van der Waals surface area (Å²) in [5.74, 6) is 0. The first-order valence-electron chi connectivity index (χ1n) is 9.51. The van der Waals surface area contributed by atoms with Gasteiger partial charge in [0.1, 0.15) is 0 Å². The third kappa shape index (κ3) is 7.02. The summed E-state index contributed by atoms with van der Waals surface area (Å²) < 4.78 is 1.05. The molecule has 152 valence electrons. The zero-order valence-corrected chi connectivity index (χ0v) is 21.2. The Balaban J connectivity index is 0.000000211. The van der Waals surface area contributed by atoms with E-state index < -0.39 is 0 Å². The molecule has 3 heteroatoms. The zero-order valence-electron chi connectivity index (χ0n) is 17.2. The predicted octanol–water partition coefficient (Wildman–Crippen LogP) is 7.56. The maximum Gasteiger partial charge on any atom is 3.00 e. The molecular weight excluding hydrogens is 610 g/mol. The topological polar surface area (TPSA) is 12.9 Å². The Bertz CT molecular complexity index is 1020. The van der Waals surface area contributed by atoms with Crippen LogP contribution in [0.3, 0.4) is 0 Å². The van der Waals surface area contributed by atoms with Crippen LogP contribution in [0.5, 0.6) is 0 Å². The smallest absolute Gasteiger partial charge is 0.305 e. The van der Waals surface area contributed by atoms with Crippen molar-refractivity contribution in [2.75, 3.05) is 0 Å². The van der Waals surface area contributed by atoms with E-state index in [4.69, 9.17) is 0 Å². The normalized spacial score (nSPS) is 10.4. The molecule has 0 aliphatic rings. The molecule has 4 aromatic rings. The van der Waals surface area contributed by atoms with Crippen LogP contribution >= 0.6 is 15.9 Å². The first-order valence-corrected chi connectivity index (χ1v) is 10.3. The van der Waals surface area contributed by atoms with Crippen LogP contribution in [0.25, 0.3) is 22.4 Å². The summed E-state index contributed by atoms with van der Waals surface area (Å²) in [4.78, 5) is 4.24. The zero-order chi connectivity index (χ0) is 20.7. The van der Waals surface area contributed by atoms with Gasteiger partial charge in [0.25, 0.3) is 0 Å². The molecule has 0 fully saturated rings. The van der Waals surface area contributed by atoms with Gasteiger partial charge in [-0.1, -0.05) is 53.3 Å². The van der Waals surface area contributed by atoms with Crippen LogP contribution in [0.2, 0.25) is 0 Å². The molecule has 0 saturated heterocycles. The molecule has 1 heterocycles.